The van der Waals surface area contributed by atoms with Crippen molar-refractivity contribution in [2.24, 2.45) is 0 Å². The van der Waals surface area contributed by atoms with Gasteiger partial charge in [-0.2, -0.15) is 33.7 Å². The van der Waals surface area contributed by atoms with Crippen molar-refractivity contribution in [1.29, 1.82) is 0 Å². The molecule has 40 heteroatoms. The van der Waals surface area contributed by atoms with E-state index in [1.807, 2.05) is 0 Å². The molecule has 4 aliphatic rings. The van der Waals surface area contributed by atoms with Crippen LogP contribution in [-0.4, -0.2) is 263 Å². The Morgan fingerprint density at radius 3 is 1.10 bits per heavy atom. The summed E-state index contributed by atoms with van der Waals surface area (Å²) in [7, 11) is -12.2. The Labute approximate surface area is 423 Å². The van der Waals surface area contributed by atoms with Crippen LogP contribution in [0, 0.1) is 0 Å². The molecule has 73 heavy (non-hydrogen) atoms. The Balaban J connectivity index is 1.82. The lowest BCUT2D eigenvalue weighted by molar-refractivity contribution is -0.435. The fourth-order valence-corrected chi connectivity index (χ4v) is 10.5. The maximum atomic E-state index is 12.6. The van der Waals surface area contributed by atoms with Crippen LogP contribution in [0.5, 0.6) is 0 Å². The largest absolute Gasteiger partial charge is 0.397 e. The minimum absolute atomic E-state index is 0.0144. The summed E-state index contributed by atoms with van der Waals surface area (Å²) < 4.78 is 253. The van der Waals surface area contributed by atoms with Crippen molar-refractivity contribution in [2.75, 3.05) is 83.3 Å². The van der Waals surface area contributed by atoms with Crippen LogP contribution in [0.15, 0.2) is 0 Å². The molecule has 5 N–H and O–H groups in total. The Kier molecular flexibility index (Phi) is 25.5. The molecule has 4 heterocycles. The fraction of sp³-hybridized carbons (Fsp3) is 1.00. The molecule has 0 bridgehead atoms. The molecule has 0 aromatic heterocycles. The lowest BCUT2D eigenvalue weighted by Crippen LogP contribution is -2.69. The zero-order chi connectivity index (χ0) is 54.6. The van der Waals surface area contributed by atoms with Gasteiger partial charge in [-0.1, -0.05) is 5.04 Å². The standard InChI is InChI=1S/C33H60O35S5/c1-14-19(49-4)24(50-5)20(15(57-14)10-47-2)61-31-28(54-9)25(51-6)21(16(58-31)11-48-3)62-32-29(65-72(41,42)43)26(52-7)22(17(59-32)12-55-70(35,36)37)63-33-30(66-73(44,45)46)27(53-8)23(64-69-68-67-34)18(60-33)13-56-71(38,39)40/h14-34H,10-13H2,1-9H3,(H,35,36,37)(H,38,39,40)(H,41,42,43)(H,44,45,46)/t14-,15?,16?,17?,18?,19?,20+,21+,22+,23+,24+,25-,26?,27?,28?,29?,30?,31-,32-,33+/m0/s1. The molecule has 0 amide bonds. The first kappa shape index (κ1) is 64.6. The van der Waals surface area contributed by atoms with Crippen LogP contribution in [0.4, 0.5) is 0 Å². The van der Waals surface area contributed by atoms with Gasteiger partial charge >= 0.3 is 41.6 Å². The predicted molar refractivity (Wildman–Crippen MR) is 229 cm³/mol. The number of methoxy groups -OCH3 is 8. The summed E-state index contributed by atoms with van der Waals surface area (Å²) in [6.07, 6.45) is -32.0. The first-order chi connectivity index (χ1) is 34.2. The second-order valence-electron chi connectivity index (χ2n) is 15.6. The Bertz CT molecular complexity index is 2110. The van der Waals surface area contributed by atoms with E-state index in [2.05, 4.69) is 17.7 Å². The number of rotatable bonds is 30. The molecule has 20 atom stereocenters. The van der Waals surface area contributed by atoms with E-state index in [4.69, 9.17) is 88.9 Å². The average Bonchev–Trinajstić information content (AvgIpc) is 3.29. The molecule has 432 valence electrons. The lowest BCUT2D eigenvalue weighted by atomic mass is 9.94. The third-order valence-electron chi connectivity index (χ3n) is 11.2. The van der Waals surface area contributed by atoms with E-state index in [-0.39, 0.29) is 25.5 Å². The van der Waals surface area contributed by atoms with Crippen molar-refractivity contribution in [3.63, 3.8) is 0 Å². The van der Waals surface area contributed by atoms with Crippen LogP contribution in [0.2, 0.25) is 0 Å². The molecule has 4 aliphatic heterocycles. The van der Waals surface area contributed by atoms with Crippen molar-refractivity contribution in [3.8, 4) is 0 Å². The molecule has 0 saturated carbocycles. The second-order valence-corrected chi connectivity index (χ2v) is 20.3. The normalized spacial score (nSPS) is 38.1. The van der Waals surface area contributed by atoms with Gasteiger partial charge in [0.05, 0.1) is 32.5 Å². The molecule has 0 aromatic rings. The van der Waals surface area contributed by atoms with E-state index in [0.717, 1.165) is 14.2 Å². The number of hydrogen-bond donors (Lipinski definition) is 5. The molecule has 0 aromatic carbocycles. The molecule has 4 rings (SSSR count). The summed E-state index contributed by atoms with van der Waals surface area (Å²) in [5.74, 6) is 0. The minimum atomic E-state index is -5.64. The van der Waals surface area contributed by atoms with Gasteiger partial charge in [0, 0.05) is 56.9 Å². The zero-order valence-electron chi connectivity index (χ0n) is 39.9. The lowest BCUT2D eigenvalue weighted by Gasteiger charge is -2.51. The van der Waals surface area contributed by atoms with Crippen molar-refractivity contribution < 1.29 is 158 Å². The van der Waals surface area contributed by atoms with Crippen LogP contribution in [-0.2, 0) is 143 Å². The summed E-state index contributed by atoms with van der Waals surface area (Å²) >= 11 is -0.192. The highest BCUT2D eigenvalue weighted by Gasteiger charge is 2.59. The van der Waals surface area contributed by atoms with Crippen LogP contribution in [0.3, 0.4) is 0 Å². The fourth-order valence-electron chi connectivity index (χ4n) is 8.51. The van der Waals surface area contributed by atoms with Gasteiger partial charge in [0.25, 0.3) is 0 Å². The van der Waals surface area contributed by atoms with Gasteiger partial charge < -0.3 is 71.1 Å². The van der Waals surface area contributed by atoms with Crippen LogP contribution in [0.25, 0.3) is 0 Å². The highest BCUT2D eigenvalue weighted by atomic mass is 32.3. The third kappa shape index (κ3) is 18.3. The second kappa shape index (κ2) is 28.8. The molecule has 35 nitrogen and oxygen atoms in total. The summed E-state index contributed by atoms with van der Waals surface area (Å²) in [5, 5.41) is 12.1. The first-order valence-electron chi connectivity index (χ1n) is 20.8. The third-order valence-corrected chi connectivity index (χ3v) is 13.5. The number of hydrogen-bond acceptors (Lipinski definition) is 32. The SMILES string of the molecule is COCC1O[C@@H](O[C@@H]2C(COC)O[C@@H](C)C(OC)[C@H]2OC)C(OC)[C@@H](OC)[C@@H]1O[C@@H]1OC(COS(=O)(=O)O)[C@@H](O[C@H]2OC(COS(=O)(=O)O)[C@@H](OSOOO)C(OC)C2OS(=O)(=O)O)C(OC)C1OS(=O)(=O)O. The smallest absolute Gasteiger partial charge is 0.382 e. The van der Waals surface area contributed by atoms with Crippen molar-refractivity contribution in [2.45, 2.75) is 130 Å². The van der Waals surface area contributed by atoms with Crippen molar-refractivity contribution in [1.82, 2.24) is 0 Å². The Morgan fingerprint density at radius 1 is 0.411 bits per heavy atom. The molecule has 0 aliphatic carbocycles. The van der Waals surface area contributed by atoms with Gasteiger partial charge in [0.15, 0.2) is 43.4 Å². The monoisotopic (exact) mass is 1180 g/mol. The van der Waals surface area contributed by atoms with Crippen LogP contribution >= 0.6 is 12.3 Å². The summed E-state index contributed by atoms with van der Waals surface area (Å²) in [6, 6.07) is 0. The van der Waals surface area contributed by atoms with E-state index >= 15 is 0 Å². The van der Waals surface area contributed by atoms with Gasteiger partial charge in [0.1, 0.15) is 85.5 Å². The molecule has 4 saturated heterocycles. The van der Waals surface area contributed by atoms with Crippen LogP contribution < -0.4 is 0 Å². The van der Waals surface area contributed by atoms with Gasteiger partial charge in [-0.25, -0.2) is 22.0 Å². The molecule has 10 unspecified atom stereocenters. The average molecular weight is 1180 g/mol. The maximum absolute atomic E-state index is 12.6. The molecule has 0 radical (unpaired) electrons. The maximum Gasteiger partial charge on any atom is 0.397 e. The zero-order valence-corrected chi connectivity index (χ0v) is 44.0. The molecular weight excluding hydrogens is 1120 g/mol. The summed E-state index contributed by atoms with van der Waals surface area (Å²) in [6.45, 7) is -1.17. The minimum Gasteiger partial charge on any atom is -0.382 e. The topological polar surface area (TPSA) is 441 Å². The molecule has 4 fully saturated rings. The van der Waals surface area contributed by atoms with E-state index in [0.29, 0.717) is 0 Å². The van der Waals surface area contributed by atoms with E-state index in [9.17, 15) is 51.9 Å². The summed E-state index contributed by atoms with van der Waals surface area (Å²) in [5.41, 5.74) is 0. The highest BCUT2D eigenvalue weighted by molar-refractivity contribution is 7.89. The summed E-state index contributed by atoms with van der Waals surface area (Å²) in [4.78, 5) is 0. The van der Waals surface area contributed by atoms with Gasteiger partial charge in [-0.3, -0.25) is 22.4 Å². The van der Waals surface area contributed by atoms with Gasteiger partial charge in [0.2, 0.25) is 0 Å². The number of ether oxygens (including phenoxy) is 15. The first-order valence-corrected chi connectivity index (χ1v) is 26.9. The van der Waals surface area contributed by atoms with E-state index < -0.39 is 177 Å². The van der Waals surface area contributed by atoms with E-state index in [1.165, 1.54) is 42.7 Å². The highest BCUT2D eigenvalue weighted by Crippen LogP contribution is 2.40. The predicted octanol–water partition coefficient (Wildman–Crippen LogP) is -3.13. The Morgan fingerprint density at radius 2 is 0.740 bits per heavy atom. The molecular formula is C33H60O35S5. The van der Waals surface area contributed by atoms with Crippen molar-refractivity contribution >= 4 is 53.9 Å². The van der Waals surface area contributed by atoms with Gasteiger partial charge in [-0.05, 0) is 6.92 Å². The quantitative estimate of drug-likeness (QED) is 0.0156. The Hall–Kier alpha value is -0.930. The van der Waals surface area contributed by atoms with E-state index in [1.54, 1.807) is 6.92 Å². The van der Waals surface area contributed by atoms with Gasteiger partial charge in [-0.15, -0.1) is 4.33 Å². The molecule has 0 spiro atoms. The van der Waals surface area contributed by atoms with Crippen molar-refractivity contribution in [3.05, 3.63) is 0 Å². The van der Waals surface area contributed by atoms with Crippen LogP contribution in [0.1, 0.15) is 6.92 Å².